The van der Waals surface area contributed by atoms with E-state index in [1.54, 1.807) is 36.4 Å². The summed E-state index contributed by atoms with van der Waals surface area (Å²) in [6.45, 7) is 0. The van der Waals surface area contributed by atoms with Gasteiger partial charge in [0.2, 0.25) is 10.0 Å². The van der Waals surface area contributed by atoms with Crippen LogP contribution in [0.2, 0.25) is 5.02 Å². The Morgan fingerprint density at radius 3 is 2.06 bits per heavy atom. The molecule has 9 heteroatoms. The molecule has 0 aromatic heterocycles. The third kappa shape index (κ3) is 5.21. The standard InChI is InChI=1S/C23H19ClN2O4S2/c24-19-10-8-17(9-11-19)16-31(27,28)25-20-12-14-21(15-13-20)32(29,30)26-23-7-3-5-18-4-1-2-6-22(18)23/h1-15,25-26H,16H2. The number of sulfonamides is 2. The summed E-state index contributed by atoms with van der Waals surface area (Å²) in [6, 6.07) is 24.9. The molecule has 0 saturated heterocycles. The van der Waals surface area contributed by atoms with Gasteiger partial charge in [-0.2, -0.15) is 0 Å². The first kappa shape index (κ1) is 22.1. The summed E-state index contributed by atoms with van der Waals surface area (Å²) < 4.78 is 55.6. The molecule has 0 aliphatic heterocycles. The summed E-state index contributed by atoms with van der Waals surface area (Å²) >= 11 is 5.82. The molecule has 0 spiro atoms. The van der Waals surface area contributed by atoms with Crippen LogP contribution in [0.5, 0.6) is 0 Å². The highest BCUT2D eigenvalue weighted by atomic mass is 35.5. The van der Waals surface area contributed by atoms with Crippen molar-refractivity contribution in [1.82, 2.24) is 0 Å². The zero-order valence-electron chi connectivity index (χ0n) is 16.7. The number of fused-ring (bicyclic) bond motifs is 1. The molecule has 0 radical (unpaired) electrons. The molecule has 164 valence electrons. The van der Waals surface area contributed by atoms with Crippen LogP contribution in [0.3, 0.4) is 0 Å². The minimum atomic E-state index is -3.86. The van der Waals surface area contributed by atoms with Gasteiger partial charge in [-0.3, -0.25) is 9.44 Å². The van der Waals surface area contributed by atoms with Crippen molar-refractivity contribution in [1.29, 1.82) is 0 Å². The number of rotatable bonds is 7. The van der Waals surface area contributed by atoms with E-state index in [1.807, 2.05) is 30.3 Å². The van der Waals surface area contributed by atoms with Crippen molar-refractivity contribution in [3.63, 3.8) is 0 Å². The highest BCUT2D eigenvalue weighted by Crippen LogP contribution is 2.26. The van der Waals surface area contributed by atoms with Crippen molar-refractivity contribution in [2.75, 3.05) is 9.44 Å². The molecule has 0 saturated carbocycles. The molecule has 0 atom stereocenters. The molecule has 0 unspecified atom stereocenters. The van der Waals surface area contributed by atoms with Crippen molar-refractivity contribution in [3.8, 4) is 0 Å². The Balaban J connectivity index is 1.50. The fourth-order valence-corrected chi connectivity index (χ4v) is 5.64. The van der Waals surface area contributed by atoms with E-state index in [0.29, 0.717) is 16.3 Å². The van der Waals surface area contributed by atoms with E-state index in [9.17, 15) is 16.8 Å². The maximum Gasteiger partial charge on any atom is 0.261 e. The minimum Gasteiger partial charge on any atom is -0.283 e. The van der Waals surface area contributed by atoms with Crippen LogP contribution < -0.4 is 9.44 Å². The third-order valence-electron chi connectivity index (χ3n) is 4.74. The van der Waals surface area contributed by atoms with Crippen LogP contribution in [-0.4, -0.2) is 16.8 Å². The number of anilines is 2. The molecule has 0 fully saturated rings. The SMILES string of the molecule is O=S(=O)(Cc1ccc(Cl)cc1)Nc1ccc(S(=O)(=O)Nc2cccc3ccccc23)cc1. The van der Waals surface area contributed by atoms with Crippen molar-refractivity contribution in [2.24, 2.45) is 0 Å². The summed E-state index contributed by atoms with van der Waals surface area (Å²) in [4.78, 5) is 0.0195. The molecule has 4 aromatic carbocycles. The molecule has 4 aromatic rings. The van der Waals surface area contributed by atoms with E-state index < -0.39 is 20.0 Å². The quantitative estimate of drug-likeness (QED) is 0.374. The number of halogens is 1. The van der Waals surface area contributed by atoms with Gasteiger partial charge in [-0.05, 0) is 53.4 Å². The maximum absolute atomic E-state index is 12.8. The average molecular weight is 487 g/mol. The number of hydrogen-bond donors (Lipinski definition) is 2. The Morgan fingerprint density at radius 1 is 0.688 bits per heavy atom. The second-order valence-electron chi connectivity index (χ2n) is 7.14. The smallest absolute Gasteiger partial charge is 0.261 e. The topological polar surface area (TPSA) is 92.3 Å². The van der Waals surface area contributed by atoms with Crippen LogP contribution in [0.4, 0.5) is 11.4 Å². The normalized spacial score (nSPS) is 11.9. The average Bonchev–Trinajstić information content (AvgIpc) is 2.75. The fraction of sp³-hybridized carbons (Fsp3) is 0.0435. The molecular weight excluding hydrogens is 468 g/mol. The summed E-state index contributed by atoms with van der Waals surface area (Å²) in [5.74, 6) is -0.229. The van der Waals surface area contributed by atoms with Crippen LogP contribution in [0.1, 0.15) is 5.56 Å². The Kier molecular flexibility index (Phi) is 6.10. The largest absolute Gasteiger partial charge is 0.283 e. The van der Waals surface area contributed by atoms with Gasteiger partial charge in [-0.25, -0.2) is 16.8 Å². The third-order valence-corrected chi connectivity index (χ3v) is 7.64. The van der Waals surface area contributed by atoms with E-state index in [0.717, 1.165) is 10.8 Å². The van der Waals surface area contributed by atoms with E-state index in [1.165, 1.54) is 24.3 Å². The van der Waals surface area contributed by atoms with Gasteiger partial charge >= 0.3 is 0 Å². The number of benzene rings is 4. The van der Waals surface area contributed by atoms with E-state index in [4.69, 9.17) is 11.6 Å². The van der Waals surface area contributed by atoms with Gasteiger partial charge in [0.15, 0.2) is 0 Å². The Labute approximate surface area is 192 Å². The Bertz CT molecular complexity index is 1460. The van der Waals surface area contributed by atoms with Crippen molar-refractivity contribution in [2.45, 2.75) is 10.6 Å². The Morgan fingerprint density at radius 2 is 1.34 bits per heavy atom. The summed E-state index contributed by atoms with van der Waals surface area (Å²) in [5, 5.41) is 2.22. The van der Waals surface area contributed by atoms with Crippen LogP contribution in [0.15, 0.2) is 95.9 Å². The summed E-state index contributed by atoms with van der Waals surface area (Å²) in [6.07, 6.45) is 0. The number of hydrogen-bond acceptors (Lipinski definition) is 4. The molecule has 6 nitrogen and oxygen atoms in total. The van der Waals surface area contributed by atoms with Gasteiger partial charge in [-0.15, -0.1) is 0 Å². The summed E-state index contributed by atoms with van der Waals surface area (Å²) in [7, 11) is -7.54. The van der Waals surface area contributed by atoms with Gasteiger partial charge in [0.25, 0.3) is 10.0 Å². The molecule has 0 aliphatic rings. The first-order valence-electron chi connectivity index (χ1n) is 9.57. The second kappa shape index (κ2) is 8.82. The summed E-state index contributed by atoms with van der Waals surface area (Å²) in [5.41, 5.74) is 1.32. The lowest BCUT2D eigenvalue weighted by atomic mass is 10.1. The zero-order valence-corrected chi connectivity index (χ0v) is 19.1. The van der Waals surface area contributed by atoms with Crippen molar-refractivity contribution in [3.05, 3.63) is 102 Å². The predicted molar refractivity (Wildman–Crippen MR) is 129 cm³/mol. The van der Waals surface area contributed by atoms with Gasteiger partial charge < -0.3 is 0 Å². The first-order valence-corrected chi connectivity index (χ1v) is 13.1. The van der Waals surface area contributed by atoms with Gasteiger partial charge in [0.05, 0.1) is 16.3 Å². The first-order chi connectivity index (χ1) is 15.2. The lowest BCUT2D eigenvalue weighted by Gasteiger charge is -2.12. The molecular formula is C23H19ClN2O4S2. The predicted octanol–water partition coefficient (Wildman–Crippen LogP) is 5.24. The van der Waals surface area contributed by atoms with Crippen molar-refractivity contribution >= 4 is 53.8 Å². The van der Waals surface area contributed by atoms with E-state index >= 15 is 0 Å². The number of nitrogens with one attached hydrogen (secondary N) is 2. The fourth-order valence-electron chi connectivity index (χ4n) is 3.24. The molecule has 0 heterocycles. The molecule has 4 rings (SSSR count). The van der Waals surface area contributed by atoms with Gasteiger partial charge in [0, 0.05) is 16.1 Å². The van der Waals surface area contributed by atoms with Crippen LogP contribution in [0, 0.1) is 0 Å². The Hall–Kier alpha value is -3.07. The van der Waals surface area contributed by atoms with Crippen LogP contribution >= 0.6 is 11.6 Å². The zero-order chi connectivity index (χ0) is 22.8. The highest BCUT2D eigenvalue weighted by Gasteiger charge is 2.17. The second-order valence-corrected chi connectivity index (χ2v) is 11.0. The van der Waals surface area contributed by atoms with E-state index in [-0.39, 0.29) is 16.3 Å². The van der Waals surface area contributed by atoms with E-state index in [2.05, 4.69) is 9.44 Å². The molecule has 2 N–H and O–H groups in total. The highest BCUT2D eigenvalue weighted by molar-refractivity contribution is 7.92. The molecule has 0 bridgehead atoms. The molecule has 0 amide bonds. The minimum absolute atomic E-state index is 0.0195. The van der Waals surface area contributed by atoms with Crippen LogP contribution in [-0.2, 0) is 25.8 Å². The lowest BCUT2D eigenvalue weighted by molar-refractivity contribution is 0.599. The molecule has 0 aliphatic carbocycles. The molecule has 32 heavy (non-hydrogen) atoms. The van der Waals surface area contributed by atoms with Crippen LogP contribution in [0.25, 0.3) is 10.8 Å². The monoisotopic (exact) mass is 486 g/mol. The van der Waals surface area contributed by atoms with Gasteiger partial charge in [0.1, 0.15) is 0 Å². The lowest BCUT2D eigenvalue weighted by Crippen LogP contribution is -2.16. The van der Waals surface area contributed by atoms with Crippen molar-refractivity contribution < 1.29 is 16.8 Å². The van der Waals surface area contributed by atoms with Gasteiger partial charge in [-0.1, -0.05) is 60.1 Å². The maximum atomic E-state index is 12.8.